The normalized spacial score (nSPS) is 20.2. The lowest BCUT2D eigenvalue weighted by Gasteiger charge is -2.44. The maximum atomic E-state index is 2.80. The summed E-state index contributed by atoms with van der Waals surface area (Å²) in [7, 11) is 0. The molecule has 0 amide bonds. The Labute approximate surface area is 396 Å². The SMILES string of the molecule is CC(C)(C)c1cc(C(C)(C)C)c2c(c1)c1c3c4cc5c(cc4n4c6c(C(C)(C)C)cc(C(C)(C)C)cc6c(c6c7cc8c(cc7n2c61)C(C)(C)C(C)(C)C8(C)C)c34)C(C)(C)C(C)(C)C5(C)C. The van der Waals surface area contributed by atoms with Crippen LogP contribution in [0.1, 0.15) is 211 Å². The zero-order valence-electron chi connectivity index (χ0n) is 45.5. The van der Waals surface area contributed by atoms with Crippen LogP contribution in [0.15, 0.2) is 48.5 Å². The molecule has 2 aliphatic rings. The topological polar surface area (TPSA) is 8.82 Å². The van der Waals surface area contributed by atoms with Crippen LogP contribution in [-0.4, -0.2) is 8.80 Å². The molecule has 2 nitrogen and oxygen atoms in total. The Kier molecular flexibility index (Phi) is 7.87. The molecule has 4 aromatic heterocycles. The summed E-state index contributed by atoms with van der Waals surface area (Å²) in [5, 5.41) is 11.4. The third kappa shape index (κ3) is 4.77. The fourth-order valence-electron chi connectivity index (χ4n) is 14.0. The fraction of sp³-hybridized carbons (Fsp3) is 0.531. The number of hydrogen-bond acceptors (Lipinski definition) is 0. The summed E-state index contributed by atoms with van der Waals surface area (Å²) >= 11 is 0. The highest BCUT2D eigenvalue weighted by molar-refractivity contribution is 6.45. The molecule has 0 spiro atoms. The summed E-state index contributed by atoms with van der Waals surface area (Å²) in [4.78, 5) is 0. The number of aromatic nitrogens is 2. The number of hydrogen-bond donors (Lipinski definition) is 0. The maximum absolute atomic E-state index is 2.80. The Hall–Kier alpha value is -4.30. The molecule has 0 saturated heterocycles. The van der Waals surface area contributed by atoms with Crippen molar-refractivity contribution in [2.24, 2.45) is 10.8 Å². The highest BCUT2D eigenvalue weighted by Gasteiger charge is 2.58. The lowest BCUT2D eigenvalue weighted by Crippen LogP contribution is -2.42. The van der Waals surface area contributed by atoms with Crippen LogP contribution in [0.25, 0.3) is 76.2 Å². The summed E-state index contributed by atoms with van der Waals surface area (Å²) < 4.78 is 5.60. The van der Waals surface area contributed by atoms with Gasteiger partial charge in [0, 0.05) is 43.1 Å². The van der Waals surface area contributed by atoms with Crippen LogP contribution in [0.5, 0.6) is 0 Å². The second-order valence-corrected chi connectivity index (χ2v) is 29.3. The molecular weight excluding hydrogens is 797 g/mol. The summed E-state index contributed by atoms with van der Waals surface area (Å²) in [5.74, 6) is 0. The van der Waals surface area contributed by atoms with Gasteiger partial charge >= 0.3 is 0 Å². The third-order valence-corrected chi connectivity index (χ3v) is 20.7. The second-order valence-electron chi connectivity index (χ2n) is 29.3. The Balaban J connectivity index is 1.55. The van der Waals surface area contributed by atoms with E-state index in [0.717, 1.165) is 0 Å². The summed E-state index contributed by atoms with van der Waals surface area (Å²) in [5.41, 5.74) is 19.8. The van der Waals surface area contributed by atoms with Crippen LogP contribution in [-0.2, 0) is 43.3 Å². The Bertz CT molecular complexity index is 3400. The molecule has 4 heterocycles. The minimum atomic E-state index is -0.0961. The van der Waals surface area contributed by atoms with Gasteiger partial charge < -0.3 is 8.80 Å². The summed E-state index contributed by atoms with van der Waals surface area (Å²) in [6.07, 6.45) is 0. The van der Waals surface area contributed by atoms with Gasteiger partial charge in [-0.15, -0.1) is 0 Å². The van der Waals surface area contributed by atoms with Gasteiger partial charge in [-0.3, -0.25) is 0 Å². The molecule has 0 radical (unpaired) electrons. The van der Waals surface area contributed by atoms with E-state index in [9.17, 15) is 0 Å². The van der Waals surface area contributed by atoms with Crippen molar-refractivity contribution in [2.45, 2.75) is 209 Å². The quantitative estimate of drug-likeness (QED) is 0.144. The largest absolute Gasteiger partial charge is 0.308 e. The molecule has 0 fully saturated rings. The molecule has 0 N–H and O–H groups in total. The molecule has 0 bridgehead atoms. The zero-order valence-corrected chi connectivity index (χ0v) is 45.5. The molecule has 0 unspecified atom stereocenters. The molecular formula is C64H80N2. The standard InChI is InChI=1S/C64H80N2/c1-55(2,3)33-25-37-49-47-35-29-39-42(62(19,20)63(21,22)59(39,13)14)32-46(35)66-52-38(26-34(56(4,5)6)28-44(52)58(10,11)12)50(54(47)66)48-36-30-40-41(61(17,18)64(23,24)60(40,15)16)31-45(36)65(53(48)49)51(37)43(27-33)57(7,8)9/h25-32H,1-24H3. The van der Waals surface area contributed by atoms with Crippen LogP contribution in [0, 0.1) is 10.8 Å². The molecule has 11 rings (SSSR count). The smallest absolute Gasteiger partial charge is 0.0634 e. The number of fused-ring (bicyclic) bond motifs is 16. The molecule has 2 heteroatoms. The van der Waals surface area contributed by atoms with E-state index in [0.29, 0.717) is 0 Å². The molecule has 346 valence electrons. The van der Waals surface area contributed by atoms with E-state index in [-0.39, 0.29) is 54.1 Å². The van der Waals surface area contributed by atoms with Crippen LogP contribution >= 0.6 is 0 Å². The zero-order chi connectivity index (χ0) is 48.5. The van der Waals surface area contributed by atoms with Gasteiger partial charge in [-0.25, -0.2) is 0 Å². The highest BCUT2D eigenvalue weighted by atomic mass is 15.0. The van der Waals surface area contributed by atoms with E-state index in [2.05, 4.69) is 224 Å². The predicted octanol–water partition coefficient (Wildman–Crippen LogP) is 18.4. The fourth-order valence-corrected chi connectivity index (χ4v) is 14.0. The van der Waals surface area contributed by atoms with E-state index in [4.69, 9.17) is 0 Å². The van der Waals surface area contributed by atoms with Crippen molar-refractivity contribution in [3.8, 4) is 0 Å². The minimum Gasteiger partial charge on any atom is -0.308 e. The first-order valence-electron chi connectivity index (χ1n) is 25.5. The van der Waals surface area contributed by atoms with E-state index < -0.39 is 0 Å². The first-order chi connectivity index (χ1) is 29.8. The second kappa shape index (κ2) is 11.7. The monoisotopic (exact) mass is 877 g/mol. The molecule has 2 aliphatic carbocycles. The predicted molar refractivity (Wildman–Crippen MR) is 290 cm³/mol. The molecule has 66 heavy (non-hydrogen) atoms. The van der Waals surface area contributed by atoms with Crippen molar-refractivity contribution in [2.75, 3.05) is 0 Å². The van der Waals surface area contributed by atoms with Gasteiger partial charge in [-0.1, -0.05) is 178 Å². The van der Waals surface area contributed by atoms with Gasteiger partial charge in [0.2, 0.25) is 0 Å². The van der Waals surface area contributed by atoms with Gasteiger partial charge in [-0.05, 0) is 135 Å². The number of rotatable bonds is 0. The van der Waals surface area contributed by atoms with E-state index in [1.807, 2.05) is 0 Å². The maximum Gasteiger partial charge on any atom is 0.0634 e. The van der Waals surface area contributed by atoms with E-state index in [1.165, 1.54) is 121 Å². The lowest BCUT2D eigenvalue weighted by molar-refractivity contribution is 0.125. The summed E-state index contributed by atoms with van der Waals surface area (Å²) in [6.45, 7) is 59.2. The van der Waals surface area contributed by atoms with Crippen LogP contribution < -0.4 is 0 Å². The molecule has 0 atom stereocenters. The average molecular weight is 877 g/mol. The van der Waals surface area contributed by atoms with Gasteiger partial charge in [0.15, 0.2) is 0 Å². The Morgan fingerprint density at radius 3 is 0.848 bits per heavy atom. The van der Waals surface area contributed by atoms with E-state index >= 15 is 0 Å². The molecule has 0 aliphatic heterocycles. The summed E-state index contributed by atoms with van der Waals surface area (Å²) in [6, 6.07) is 21.2. The van der Waals surface area contributed by atoms with Crippen molar-refractivity contribution >= 4 is 76.2 Å². The molecule has 9 aromatic rings. The van der Waals surface area contributed by atoms with Crippen molar-refractivity contribution in [3.05, 3.63) is 93.0 Å². The van der Waals surface area contributed by atoms with E-state index in [1.54, 1.807) is 0 Å². The number of benzene rings is 5. The minimum absolute atomic E-state index is 0.0250. The third-order valence-electron chi connectivity index (χ3n) is 20.7. The first-order valence-corrected chi connectivity index (χ1v) is 25.5. The van der Waals surface area contributed by atoms with Gasteiger partial charge in [-0.2, -0.15) is 0 Å². The van der Waals surface area contributed by atoms with Crippen molar-refractivity contribution in [1.82, 2.24) is 8.80 Å². The van der Waals surface area contributed by atoms with Crippen LogP contribution in [0.4, 0.5) is 0 Å². The number of nitrogens with zero attached hydrogens (tertiary/aromatic N) is 2. The van der Waals surface area contributed by atoms with Crippen LogP contribution in [0.3, 0.4) is 0 Å². The molecule has 0 saturated carbocycles. The Morgan fingerprint density at radius 2 is 0.576 bits per heavy atom. The van der Waals surface area contributed by atoms with Gasteiger partial charge in [0.25, 0.3) is 0 Å². The average Bonchev–Trinajstić information content (AvgIpc) is 3.92. The van der Waals surface area contributed by atoms with Gasteiger partial charge in [0.05, 0.1) is 33.1 Å². The first kappa shape index (κ1) is 44.2. The van der Waals surface area contributed by atoms with Crippen molar-refractivity contribution in [1.29, 1.82) is 0 Å². The van der Waals surface area contributed by atoms with Crippen molar-refractivity contribution < 1.29 is 0 Å². The highest BCUT2D eigenvalue weighted by Crippen LogP contribution is 2.65. The Morgan fingerprint density at radius 1 is 0.303 bits per heavy atom. The molecule has 5 aromatic carbocycles. The lowest BCUT2D eigenvalue weighted by atomic mass is 9.59. The van der Waals surface area contributed by atoms with Crippen LogP contribution in [0.2, 0.25) is 0 Å². The van der Waals surface area contributed by atoms with Crippen molar-refractivity contribution in [3.63, 3.8) is 0 Å². The van der Waals surface area contributed by atoms with Gasteiger partial charge in [0.1, 0.15) is 0 Å².